The van der Waals surface area contributed by atoms with Gasteiger partial charge in [0.05, 0.1) is 39.1 Å². The monoisotopic (exact) mass is 576 g/mol. The van der Waals surface area contributed by atoms with Crippen molar-refractivity contribution in [3.63, 3.8) is 0 Å². The zero-order chi connectivity index (χ0) is 30.2. The van der Waals surface area contributed by atoms with Crippen LogP contribution in [0.4, 0.5) is 0 Å². The number of carbonyl (C=O) groups is 2. The number of carboxylic acids is 1. The van der Waals surface area contributed by atoms with E-state index in [9.17, 15) is 19.5 Å². The molecule has 4 rings (SSSR count). The highest BCUT2D eigenvalue weighted by molar-refractivity contribution is 6.26. The molecule has 11 nitrogen and oxygen atoms in total. The number of aliphatic carboxylic acids is 1. The highest BCUT2D eigenvalue weighted by atomic mass is 16.7. The van der Waals surface area contributed by atoms with E-state index in [0.717, 1.165) is 0 Å². The summed E-state index contributed by atoms with van der Waals surface area (Å²) in [7, 11) is 4.31. The van der Waals surface area contributed by atoms with Crippen LogP contribution in [0, 0.1) is 0 Å². The Labute approximate surface area is 241 Å². The molecular formula is C31H28O11. The van der Waals surface area contributed by atoms with Gasteiger partial charge in [-0.3, -0.25) is 4.79 Å². The lowest BCUT2D eigenvalue weighted by Gasteiger charge is -2.24. The fourth-order valence-electron chi connectivity index (χ4n) is 4.46. The van der Waals surface area contributed by atoms with Gasteiger partial charge in [-0.25, -0.2) is 9.59 Å². The van der Waals surface area contributed by atoms with Crippen LogP contribution in [-0.4, -0.2) is 57.5 Å². The Hall–Kier alpha value is -5.41. The molecule has 1 unspecified atom stereocenters. The fraction of sp³-hybridized carbons (Fsp3) is 0.226. The number of rotatable bonds is 13. The summed E-state index contributed by atoms with van der Waals surface area (Å²) in [5, 5.41) is 10.5. The lowest BCUT2D eigenvalue weighted by atomic mass is 9.87. The number of Topliss-reactive ketones (excluding diaryl/α,β-unsaturated/α-hetero) is 1. The lowest BCUT2D eigenvalue weighted by molar-refractivity contribution is -0.130. The number of hydrogen-bond donors (Lipinski definition) is 1. The first-order valence-corrected chi connectivity index (χ1v) is 12.7. The highest BCUT2D eigenvalue weighted by Crippen LogP contribution is 2.44. The number of fused-ring (bicyclic) bond motifs is 1. The van der Waals surface area contributed by atoms with Crippen molar-refractivity contribution in [2.24, 2.45) is 0 Å². The average molecular weight is 577 g/mol. The maximum atomic E-state index is 14.3. The summed E-state index contributed by atoms with van der Waals surface area (Å²) in [5.41, 5.74) is -0.192. The molecule has 11 heteroatoms. The maximum Gasteiger partial charge on any atom is 0.336 e. The molecular weight excluding hydrogens is 548 g/mol. The molecule has 0 amide bonds. The normalized spacial score (nSPS) is 12.8. The van der Waals surface area contributed by atoms with Crippen molar-refractivity contribution in [1.82, 2.24) is 0 Å². The Balaban J connectivity index is 2.05. The zero-order valence-electron chi connectivity index (χ0n) is 23.3. The van der Waals surface area contributed by atoms with Gasteiger partial charge in [0.2, 0.25) is 12.5 Å². The van der Waals surface area contributed by atoms with Crippen molar-refractivity contribution in [3.8, 4) is 34.5 Å². The molecule has 1 heterocycles. The first kappa shape index (κ1) is 29.6. The summed E-state index contributed by atoms with van der Waals surface area (Å²) >= 11 is 0. The molecule has 0 saturated heterocycles. The van der Waals surface area contributed by atoms with Crippen LogP contribution in [0.15, 0.2) is 66.4 Å². The largest absolute Gasteiger partial charge is 0.497 e. The van der Waals surface area contributed by atoms with E-state index in [2.05, 4.69) is 0 Å². The quantitative estimate of drug-likeness (QED) is 0.132. The predicted octanol–water partition coefficient (Wildman–Crippen LogP) is 4.66. The molecule has 0 aromatic heterocycles. The van der Waals surface area contributed by atoms with Crippen molar-refractivity contribution >= 4 is 23.3 Å². The number of ether oxygens (including phenoxy) is 7. The van der Waals surface area contributed by atoms with E-state index in [1.165, 1.54) is 63.7 Å². The third-order valence-electron chi connectivity index (χ3n) is 6.33. The van der Waals surface area contributed by atoms with E-state index < -0.39 is 23.4 Å². The Morgan fingerprint density at radius 3 is 2.14 bits per heavy atom. The molecule has 3 aromatic carbocycles. The molecule has 0 fully saturated rings. The van der Waals surface area contributed by atoms with E-state index in [0.29, 0.717) is 30.1 Å². The number of ketones is 1. The third-order valence-corrected chi connectivity index (χ3v) is 6.33. The molecule has 0 aliphatic carbocycles. The van der Waals surface area contributed by atoms with E-state index in [1.807, 2.05) is 0 Å². The highest BCUT2D eigenvalue weighted by Gasteiger charge is 2.34. The number of carboxylic acid groups (broad SMARTS) is 1. The van der Waals surface area contributed by atoms with Gasteiger partial charge in [-0.1, -0.05) is 6.07 Å². The summed E-state index contributed by atoms with van der Waals surface area (Å²) in [6.45, 7) is 2.05. The second-order valence-electron chi connectivity index (χ2n) is 8.66. The minimum atomic E-state index is -1.45. The molecule has 0 saturated carbocycles. The SMILES string of the molecule is CCOc1c(OC)cc(C(OC=C=O)/C(C(=O)c2ccc(OC)cc2)=C(\C(=O)O)c2ccc3c(c2)OCO3)cc1OC. The van der Waals surface area contributed by atoms with E-state index in [4.69, 9.17) is 33.2 Å². The number of methoxy groups -OCH3 is 3. The third kappa shape index (κ3) is 6.01. The van der Waals surface area contributed by atoms with E-state index in [1.54, 1.807) is 25.1 Å². The van der Waals surface area contributed by atoms with Gasteiger partial charge in [0.1, 0.15) is 5.75 Å². The summed E-state index contributed by atoms with van der Waals surface area (Å²) in [6.07, 6.45) is -0.739. The van der Waals surface area contributed by atoms with E-state index in [-0.39, 0.29) is 46.3 Å². The van der Waals surface area contributed by atoms with Gasteiger partial charge in [0.25, 0.3) is 0 Å². The standard InChI is InChI=1S/C31H28O11/c1-5-39-30-24(37-3)15-20(16-25(30)38-4)29(40-13-12-32)27(28(33)18-6-9-21(36-2)10-7-18)26(31(34)35)19-8-11-22-23(14-19)42-17-41-22/h6-11,13-16,29H,5,17H2,1-4H3,(H,34,35)/b27-26-. The van der Waals surface area contributed by atoms with Crippen LogP contribution in [0.25, 0.3) is 5.57 Å². The summed E-state index contributed by atoms with van der Waals surface area (Å²) in [4.78, 5) is 38.5. The van der Waals surface area contributed by atoms with Crippen LogP contribution in [0.3, 0.4) is 0 Å². The molecule has 1 N–H and O–H groups in total. The van der Waals surface area contributed by atoms with Crippen LogP contribution >= 0.6 is 0 Å². The molecule has 1 aliphatic rings. The molecule has 218 valence electrons. The Bertz CT molecular complexity index is 1520. The van der Waals surface area contributed by atoms with Gasteiger partial charge in [-0.05, 0) is 61.0 Å². The average Bonchev–Trinajstić information content (AvgIpc) is 3.48. The minimum Gasteiger partial charge on any atom is -0.497 e. The molecule has 0 spiro atoms. The minimum absolute atomic E-state index is 0.0375. The predicted molar refractivity (Wildman–Crippen MR) is 149 cm³/mol. The smallest absolute Gasteiger partial charge is 0.336 e. The topological polar surface area (TPSA) is 136 Å². The van der Waals surface area contributed by atoms with Crippen LogP contribution in [0.5, 0.6) is 34.5 Å². The lowest BCUT2D eigenvalue weighted by Crippen LogP contribution is -2.19. The second-order valence-corrected chi connectivity index (χ2v) is 8.66. The van der Waals surface area contributed by atoms with Crippen molar-refractivity contribution in [3.05, 3.63) is 83.1 Å². The number of benzene rings is 3. The van der Waals surface area contributed by atoms with Crippen LogP contribution < -0.4 is 28.4 Å². The Morgan fingerprint density at radius 1 is 0.929 bits per heavy atom. The number of hydrogen-bond acceptors (Lipinski definition) is 10. The van der Waals surface area contributed by atoms with Crippen molar-refractivity contribution in [1.29, 1.82) is 0 Å². The number of carbonyl (C=O) groups excluding carboxylic acids is 2. The Kier molecular flexibility index (Phi) is 9.36. The fourth-order valence-corrected chi connectivity index (χ4v) is 4.46. The van der Waals surface area contributed by atoms with Gasteiger partial charge in [0, 0.05) is 11.1 Å². The van der Waals surface area contributed by atoms with Crippen molar-refractivity contribution in [2.45, 2.75) is 13.0 Å². The van der Waals surface area contributed by atoms with Gasteiger partial charge in [-0.15, -0.1) is 0 Å². The molecule has 0 bridgehead atoms. The Morgan fingerprint density at radius 2 is 1.57 bits per heavy atom. The molecule has 42 heavy (non-hydrogen) atoms. The first-order valence-electron chi connectivity index (χ1n) is 12.7. The maximum absolute atomic E-state index is 14.3. The van der Waals surface area contributed by atoms with Gasteiger partial charge >= 0.3 is 5.97 Å². The van der Waals surface area contributed by atoms with Gasteiger partial charge in [-0.2, -0.15) is 0 Å². The van der Waals surface area contributed by atoms with Crippen molar-refractivity contribution in [2.75, 3.05) is 34.7 Å². The second kappa shape index (κ2) is 13.3. The summed E-state index contributed by atoms with van der Waals surface area (Å²) in [6, 6.07) is 13.6. The van der Waals surface area contributed by atoms with Crippen molar-refractivity contribution < 1.29 is 52.6 Å². The van der Waals surface area contributed by atoms with Crippen LogP contribution in [0.1, 0.15) is 34.5 Å². The molecule has 1 atom stereocenters. The van der Waals surface area contributed by atoms with Crippen LogP contribution in [0.2, 0.25) is 0 Å². The summed E-state index contributed by atoms with van der Waals surface area (Å²) < 4.78 is 38.5. The van der Waals surface area contributed by atoms with Crippen LogP contribution in [-0.2, 0) is 14.3 Å². The molecule has 3 aromatic rings. The van der Waals surface area contributed by atoms with Gasteiger partial charge in [0.15, 0.2) is 47.1 Å². The zero-order valence-corrected chi connectivity index (χ0v) is 23.3. The molecule has 1 aliphatic heterocycles. The summed E-state index contributed by atoms with van der Waals surface area (Å²) in [5.74, 6) is 1.36. The van der Waals surface area contributed by atoms with E-state index >= 15 is 0 Å². The van der Waals surface area contributed by atoms with Gasteiger partial charge < -0.3 is 38.3 Å². The molecule has 0 radical (unpaired) electrons. The first-order chi connectivity index (χ1) is 20.4.